The minimum absolute atomic E-state index is 0.118. The Kier molecular flexibility index (Phi) is 5.10. The van der Waals surface area contributed by atoms with E-state index in [-0.39, 0.29) is 18.4 Å². The number of rotatable bonds is 5. The average molecular weight is 324 g/mol. The van der Waals surface area contributed by atoms with Crippen molar-refractivity contribution < 1.29 is 22.6 Å². The minimum Gasteiger partial charge on any atom is -0.465 e. The highest BCUT2D eigenvalue weighted by molar-refractivity contribution is 5.67. The predicted molar refractivity (Wildman–Crippen MR) is 79.5 cm³/mol. The van der Waals surface area contributed by atoms with Crippen LogP contribution in [0.3, 0.4) is 0 Å². The molecule has 4 nitrogen and oxygen atoms in total. The lowest BCUT2D eigenvalue weighted by Gasteiger charge is -2.10. The second-order valence-electron chi connectivity index (χ2n) is 4.73. The van der Waals surface area contributed by atoms with Crippen molar-refractivity contribution in [3.05, 3.63) is 59.7 Å². The van der Waals surface area contributed by atoms with Crippen LogP contribution in [-0.2, 0) is 17.3 Å². The number of hydrogen-bond donors (Lipinski definition) is 2. The average Bonchev–Trinajstić information content (AvgIpc) is 2.48. The molecule has 0 heterocycles. The van der Waals surface area contributed by atoms with Gasteiger partial charge in [0.2, 0.25) is 0 Å². The maximum atomic E-state index is 12.6. The van der Waals surface area contributed by atoms with Crippen molar-refractivity contribution in [3.8, 4) is 11.5 Å². The van der Waals surface area contributed by atoms with Gasteiger partial charge in [0.15, 0.2) is 0 Å². The molecule has 7 heteroatoms. The van der Waals surface area contributed by atoms with Crippen LogP contribution >= 0.6 is 0 Å². The Labute approximate surface area is 131 Å². The fourth-order valence-corrected chi connectivity index (χ4v) is 1.87. The van der Waals surface area contributed by atoms with Gasteiger partial charge in [0, 0.05) is 6.42 Å². The predicted octanol–water partition coefficient (Wildman–Crippen LogP) is 3.95. The summed E-state index contributed by atoms with van der Waals surface area (Å²) in [6.45, 7) is 0.281. The molecule has 122 valence electrons. The summed E-state index contributed by atoms with van der Waals surface area (Å²) in [7, 11) is 0. The van der Waals surface area contributed by atoms with Gasteiger partial charge in [-0.05, 0) is 35.9 Å². The summed E-state index contributed by atoms with van der Waals surface area (Å²) < 4.78 is 48.2. The van der Waals surface area contributed by atoms with Gasteiger partial charge >= 0.3 is 6.18 Å². The number of amidine groups is 1. The van der Waals surface area contributed by atoms with Crippen LogP contribution < -0.4 is 10.5 Å². The van der Waals surface area contributed by atoms with Crippen LogP contribution in [0.5, 0.6) is 11.5 Å². The van der Waals surface area contributed by atoms with E-state index in [9.17, 15) is 13.2 Å². The van der Waals surface area contributed by atoms with Gasteiger partial charge < -0.3 is 15.2 Å². The molecule has 2 aromatic carbocycles. The molecule has 0 aliphatic carbocycles. The third-order valence-corrected chi connectivity index (χ3v) is 2.97. The van der Waals surface area contributed by atoms with Crippen molar-refractivity contribution in [3.63, 3.8) is 0 Å². The zero-order valence-electron chi connectivity index (χ0n) is 12.1. The van der Waals surface area contributed by atoms with E-state index in [4.69, 9.17) is 20.6 Å². The largest absolute Gasteiger partial charge is 0.465 e. The highest BCUT2D eigenvalue weighted by atomic mass is 19.4. The summed E-state index contributed by atoms with van der Waals surface area (Å²) in [5.41, 5.74) is 5.25. The topological polar surface area (TPSA) is 68.3 Å². The van der Waals surface area contributed by atoms with Gasteiger partial charge in [0.1, 0.15) is 11.5 Å². The van der Waals surface area contributed by atoms with Crippen molar-refractivity contribution in [1.29, 1.82) is 5.41 Å². The zero-order valence-corrected chi connectivity index (χ0v) is 12.1. The molecule has 0 radical (unpaired) electrons. The van der Waals surface area contributed by atoms with Crippen LogP contribution in [0.2, 0.25) is 0 Å². The molecule has 3 N–H and O–H groups in total. The number of alkyl halides is 3. The molecule has 0 unspecified atom stereocenters. The van der Waals surface area contributed by atoms with Gasteiger partial charge in [-0.3, -0.25) is 5.41 Å². The first-order valence-corrected chi connectivity index (χ1v) is 6.75. The number of benzene rings is 2. The third kappa shape index (κ3) is 5.21. The second kappa shape index (κ2) is 7.04. The molecule has 23 heavy (non-hydrogen) atoms. The normalized spacial score (nSPS) is 11.1. The molecule has 2 rings (SSSR count). The fourth-order valence-electron chi connectivity index (χ4n) is 1.87. The molecular formula is C16H15F3N2O2. The number of nitrogens with two attached hydrogens (primary N) is 1. The zero-order chi connectivity index (χ0) is 16.9. The van der Waals surface area contributed by atoms with Gasteiger partial charge in [0.05, 0.1) is 12.2 Å². The lowest BCUT2D eigenvalue weighted by atomic mass is 10.1. The Balaban J connectivity index is 1.99. The van der Waals surface area contributed by atoms with Crippen LogP contribution in [0.25, 0.3) is 0 Å². The molecule has 2 aromatic rings. The Morgan fingerprint density at radius 1 is 1.04 bits per heavy atom. The Morgan fingerprint density at radius 3 is 2.35 bits per heavy atom. The van der Waals surface area contributed by atoms with Crippen molar-refractivity contribution in [2.75, 3.05) is 6.61 Å². The van der Waals surface area contributed by atoms with Crippen molar-refractivity contribution in [2.24, 2.45) is 5.73 Å². The molecular weight excluding hydrogens is 309 g/mol. The third-order valence-electron chi connectivity index (χ3n) is 2.97. The Morgan fingerprint density at radius 2 is 1.74 bits per heavy atom. The summed E-state index contributed by atoms with van der Waals surface area (Å²) in [5.74, 6) is 0.549. The number of halogens is 3. The van der Waals surface area contributed by atoms with Gasteiger partial charge in [-0.1, -0.05) is 18.2 Å². The van der Waals surface area contributed by atoms with Crippen LogP contribution in [0.15, 0.2) is 48.5 Å². The quantitative estimate of drug-likeness (QED) is 0.646. The smallest absolute Gasteiger partial charge is 0.416 e. The first-order valence-electron chi connectivity index (χ1n) is 6.75. The van der Waals surface area contributed by atoms with E-state index in [1.54, 1.807) is 24.3 Å². The van der Waals surface area contributed by atoms with Crippen LogP contribution in [0.4, 0.5) is 13.2 Å². The van der Waals surface area contributed by atoms with E-state index < -0.39 is 11.7 Å². The second-order valence-corrected chi connectivity index (χ2v) is 4.73. The van der Waals surface area contributed by atoms with Crippen molar-refractivity contribution >= 4 is 6.02 Å². The molecule has 0 saturated heterocycles. The summed E-state index contributed by atoms with van der Waals surface area (Å²) >= 11 is 0. The van der Waals surface area contributed by atoms with Crippen molar-refractivity contribution in [2.45, 2.75) is 12.6 Å². The minimum atomic E-state index is -4.40. The number of nitrogens with one attached hydrogen (secondary N) is 1. The van der Waals surface area contributed by atoms with Gasteiger partial charge in [-0.2, -0.15) is 13.2 Å². The summed E-state index contributed by atoms with van der Waals surface area (Å²) in [4.78, 5) is 0. The van der Waals surface area contributed by atoms with E-state index in [1.165, 1.54) is 12.1 Å². The SMILES string of the molecule is N=C(N)OCCc1ccc(Oc2cccc(C(F)(F)F)c2)cc1. The van der Waals surface area contributed by atoms with Gasteiger partial charge in [-0.25, -0.2) is 0 Å². The molecule has 0 amide bonds. The van der Waals surface area contributed by atoms with E-state index >= 15 is 0 Å². The van der Waals surface area contributed by atoms with Crippen LogP contribution in [0.1, 0.15) is 11.1 Å². The van der Waals surface area contributed by atoms with Gasteiger partial charge in [-0.15, -0.1) is 0 Å². The molecule has 0 fully saturated rings. The highest BCUT2D eigenvalue weighted by Crippen LogP contribution is 2.32. The summed E-state index contributed by atoms with van der Waals surface area (Å²) in [6.07, 6.45) is -3.84. The van der Waals surface area contributed by atoms with Crippen molar-refractivity contribution in [1.82, 2.24) is 0 Å². The lowest BCUT2D eigenvalue weighted by Crippen LogP contribution is -2.15. The Bertz CT molecular complexity index is 670. The maximum Gasteiger partial charge on any atom is 0.416 e. The molecule has 0 aromatic heterocycles. The monoisotopic (exact) mass is 324 g/mol. The first-order chi connectivity index (χ1) is 10.8. The molecule has 0 bridgehead atoms. The summed E-state index contributed by atoms with van der Waals surface area (Å²) in [6, 6.07) is 11.2. The van der Waals surface area contributed by atoms with E-state index in [2.05, 4.69) is 0 Å². The van der Waals surface area contributed by atoms with E-state index in [1.807, 2.05) is 0 Å². The molecule has 0 aliphatic heterocycles. The maximum absolute atomic E-state index is 12.6. The van der Waals surface area contributed by atoms with Gasteiger partial charge in [0.25, 0.3) is 6.02 Å². The van der Waals surface area contributed by atoms with Crippen LogP contribution in [0, 0.1) is 5.41 Å². The fraction of sp³-hybridized carbons (Fsp3) is 0.188. The standard InChI is InChI=1S/C16H15F3N2O2/c17-16(18,19)12-2-1-3-14(10-12)23-13-6-4-11(5-7-13)8-9-22-15(20)21/h1-7,10H,8-9H2,(H3,20,21). The first kappa shape index (κ1) is 16.7. The molecule has 0 aliphatic rings. The Hall–Kier alpha value is -2.70. The molecule has 0 spiro atoms. The molecule has 0 atom stereocenters. The van der Waals surface area contributed by atoms with E-state index in [0.717, 1.165) is 17.7 Å². The lowest BCUT2D eigenvalue weighted by molar-refractivity contribution is -0.137. The molecule has 0 saturated carbocycles. The number of ether oxygens (including phenoxy) is 2. The van der Waals surface area contributed by atoms with Crippen LogP contribution in [-0.4, -0.2) is 12.6 Å². The highest BCUT2D eigenvalue weighted by Gasteiger charge is 2.30. The number of hydrogen-bond acceptors (Lipinski definition) is 3. The van der Waals surface area contributed by atoms with E-state index in [0.29, 0.717) is 12.2 Å². The summed E-state index contributed by atoms with van der Waals surface area (Å²) in [5, 5.41) is 6.94.